The standard InChI is InChI=1S/C20H28N6O2/c1-20(2,3)28-19(27)22-8-4-9-26-14-17(23-24-26)13-25-10-7-16-6-5-15(12-21)11-18(16)25/h5-7,10-11,14H,4,8-9,12-13,21H2,1-3H3,(H,22,27). The second kappa shape index (κ2) is 8.43. The summed E-state index contributed by atoms with van der Waals surface area (Å²) in [5.74, 6) is 0. The number of aryl methyl sites for hydroxylation is 1. The smallest absolute Gasteiger partial charge is 0.407 e. The molecule has 0 unspecified atom stereocenters. The van der Waals surface area contributed by atoms with E-state index >= 15 is 0 Å². The van der Waals surface area contributed by atoms with Crippen LogP contribution in [0.1, 0.15) is 38.4 Å². The minimum atomic E-state index is -0.488. The molecule has 0 atom stereocenters. The first kappa shape index (κ1) is 19.9. The Morgan fingerprint density at radius 2 is 2.11 bits per heavy atom. The largest absolute Gasteiger partial charge is 0.444 e. The first-order valence-electron chi connectivity index (χ1n) is 9.48. The van der Waals surface area contributed by atoms with E-state index in [1.165, 1.54) is 5.39 Å². The number of aromatic nitrogens is 4. The van der Waals surface area contributed by atoms with Crippen molar-refractivity contribution in [1.82, 2.24) is 24.9 Å². The second-order valence-electron chi connectivity index (χ2n) is 7.80. The third-order valence-electron chi connectivity index (χ3n) is 4.22. The molecular formula is C20H28N6O2. The van der Waals surface area contributed by atoms with Crippen LogP contribution in [0.4, 0.5) is 4.79 Å². The van der Waals surface area contributed by atoms with E-state index in [2.05, 4.69) is 44.6 Å². The van der Waals surface area contributed by atoms with Gasteiger partial charge in [0, 0.05) is 31.3 Å². The van der Waals surface area contributed by atoms with Crippen molar-refractivity contribution >= 4 is 17.0 Å². The Bertz CT molecular complexity index is 938. The summed E-state index contributed by atoms with van der Waals surface area (Å²) in [4.78, 5) is 11.6. The predicted molar refractivity (Wildman–Crippen MR) is 108 cm³/mol. The zero-order chi connectivity index (χ0) is 20.1. The number of nitrogens with zero attached hydrogens (tertiary/aromatic N) is 4. The molecule has 0 radical (unpaired) electrons. The number of hydrogen-bond acceptors (Lipinski definition) is 5. The van der Waals surface area contributed by atoms with E-state index in [0.29, 0.717) is 26.2 Å². The lowest BCUT2D eigenvalue weighted by Crippen LogP contribution is -2.33. The van der Waals surface area contributed by atoms with Crippen LogP contribution < -0.4 is 11.1 Å². The Hall–Kier alpha value is -2.87. The fourth-order valence-corrected chi connectivity index (χ4v) is 2.93. The third-order valence-corrected chi connectivity index (χ3v) is 4.22. The van der Waals surface area contributed by atoms with Gasteiger partial charge in [0.05, 0.1) is 12.7 Å². The van der Waals surface area contributed by atoms with E-state index in [1.807, 2.05) is 33.0 Å². The fourth-order valence-electron chi connectivity index (χ4n) is 2.93. The summed E-state index contributed by atoms with van der Waals surface area (Å²) < 4.78 is 9.15. The predicted octanol–water partition coefficient (Wildman–Crippen LogP) is 2.65. The lowest BCUT2D eigenvalue weighted by Gasteiger charge is -2.19. The molecule has 1 aromatic carbocycles. The Kier molecular flexibility index (Phi) is 5.99. The van der Waals surface area contributed by atoms with Crippen molar-refractivity contribution in [2.75, 3.05) is 6.54 Å². The average Bonchev–Trinajstić information content (AvgIpc) is 3.24. The number of fused-ring (bicyclic) bond motifs is 1. The molecule has 8 heteroatoms. The molecule has 0 aliphatic heterocycles. The van der Waals surface area contributed by atoms with Gasteiger partial charge in [-0.15, -0.1) is 5.10 Å². The zero-order valence-corrected chi connectivity index (χ0v) is 16.7. The summed E-state index contributed by atoms with van der Waals surface area (Å²) in [5, 5.41) is 12.4. The van der Waals surface area contributed by atoms with Crippen LogP contribution in [0.5, 0.6) is 0 Å². The normalized spacial score (nSPS) is 11.7. The average molecular weight is 384 g/mol. The molecule has 2 aromatic heterocycles. The van der Waals surface area contributed by atoms with Gasteiger partial charge in [-0.25, -0.2) is 4.79 Å². The molecule has 0 spiro atoms. The molecule has 8 nitrogen and oxygen atoms in total. The van der Waals surface area contributed by atoms with Gasteiger partial charge in [0.1, 0.15) is 11.3 Å². The minimum absolute atomic E-state index is 0.400. The Balaban J connectivity index is 1.51. The number of carbonyl (C=O) groups excluding carboxylic acids is 1. The lowest BCUT2D eigenvalue weighted by atomic mass is 10.1. The highest BCUT2D eigenvalue weighted by molar-refractivity contribution is 5.80. The van der Waals surface area contributed by atoms with Gasteiger partial charge >= 0.3 is 6.09 Å². The summed E-state index contributed by atoms with van der Waals surface area (Å²) in [6.45, 7) is 7.89. The van der Waals surface area contributed by atoms with Crippen LogP contribution >= 0.6 is 0 Å². The highest BCUT2D eigenvalue weighted by Crippen LogP contribution is 2.18. The van der Waals surface area contributed by atoms with E-state index in [0.717, 1.165) is 23.2 Å². The van der Waals surface area contributed by atoms with Crippen LogP contribution in [0.3, 0.4) is 0 Å². The fraction of sp³-hybridized carbons (Fsp3) is 0.450. The first-order valence-corrected chi connectivity index (χ1v) is 9.48. The van der Waals surface area contributed by atoms with Gasteiger partial charge in [-0.1, -0.05) is 17.3 Å². The number of amides is 1. The van der Waals surface area contributed by atoms with Gasteiger partial charge in [0.15, 0.2) is 0 Å². The van der Waals surface area contributed by atoms with Crippen molar-refractivity contribution < 1.29 is 9.53 Å². The van der Waals surface area contributed by atoms with Crippen molar-refractivity contribution in [2.45, 2.75) is 52.4 Å². The van der Waals surface area contributed by atoms with Crippen LogP contribution in [0.25, 0.3) is 10.9 Å². The topological polar surface area (TPSA) is 100.0 Å². The number of nitrogens with two attached hydrogens (primary N) is 1. The molecule has 3 aromatic rings. The Labute approximate surface area is 164 Å². The summed E-state index contributed by atoms with van der Waals surface area (Å²) in [5.41, 5.74) is 8.39. The number of rotatable bonds is 7. The van der Waals surface area contributed by atoms with Gasteiger partial charge in [0.25, 0.3) is 0 Å². The SMILES string of the molecule is CC(C)(C)OC(=O)NCCCn1cc(Cn2ccc3ccc(CN)cc32)nn1. The molecule has 2 heterocycles. The number of alkyl carbamates (subject to hydrolysis) is 1. The van der Waals surface area contributed by atoms with Crippen LogP contribution in [-0.2, 0) is 24.4 Å². The van der Waals surface area contributed by atoms with E-state index in [-0.39, 0.29) is 0 Å². The van der Waals surface area contributed by atoms with Crippen LogP contribution in [0.2, 0.25) is 0 Å². The van der Waals surface area contributed by atoms with Gasteiger partial charge in [0.2, 0.25) is 0 Å². The second-order valence-corrected chi connectivity index (χ2v) is 7.80. The molecule has 1 amide bonds. The molecular weight excluding hydrogens is 356 g/mol. The highest BCUT2D eigenvalue weighted by atomic mass is 16.6. The Morgan fingerprint density at radius 1 is 1.29 bits per heavy atom. The van der Waals surface area contributed by atoms with Crippen molar-refractivity contribution in [3.8, 4) is 0 Å². The van der Waals surface area contributed by atoms with Gasteiger partial charge < -0.3 is 20.4 Å². The maximum Gasteiger partial charge on any atom is 0.407 e. The molecule has 0 aliphatic carbocycles. The van der Waals surface area contributed by atoms with E-state index in [4.69, 9.17) is 10.5 Å². The van der Waals surface area contributed by atoms with Gasteiger partial charge in [-0.2, -0.15) is 0 Å². The van der Waals surface area contributed by atoms with Gasteiger partial charge in [-0.3, -0.25) is 4.68 Å². The first-order chi connectivity index (χ1) is 13.3. The molecule has 0 bridgehead atoms. The molecule has 3 N–H and O–H groups in total. The van der Waals surface area contributed by atoms with Crippen LogP contribution in [0, 0.1) is 0 Å². The molecule has 0 fully saturated rings. The molecule has 3 rings (SSSR count). The van der Waals surface area contributed by atoms with E-state index < -0.39 is 11.7 Å². The number of ether oxygens (including phenoxy) is 1. The van der Waals surface area contributed by atoms with Crippen molar-refractivity contribution in [3.05, 3.63) is 47.9 Å². The minimum Gasteiger partial charge on any atom is -0.444 e. The number of carbonyl (C=O) groups is 1. The quantitative estimate of drug-likeness (QED) is 0.610. The van der Waals surface area contributed by atoms with Crippen molar-refractivity contribution in [1.29, 1.82) is 0 Å². The van der Waals surface area contributed by atoms with Gasteiger partial charge in [-0.05, 0) is 50.3 Å². The van der Waals surface area contributed by atoms with E-state index in [1.54, 1.807) is 4.68 Å². The molecule has 150 valence electrons. The molecule has 0 aliphatic rings. The van der Waals surface area contributed by atoms with E-state index in [9.17, 15) is 4.79 Å². The number of nitrogens with one attached hydrogen (secondary N) is 1. The number of benzene rings is 1. The van der Waals surface area contributed by atoms with Crippen molar-refractivity contribution in [2.24, 2.45) is 5.73 Å². The number of hydrogen-bond donors (Lipinski definition) is 2. The van der Waals surface area contributed by atoms with Crippen molar-refractivity contribution in [3.63, 3.8) is 0 Å². The molecule has 0 saturated carbocycles. The molecule has 28 heavy (non-hydrogen) atoms. The van der Waals surface area contributed by atoms with Crippen LogP contribution in [0.15, 0.2) is 36.7 Å². The zero-order valence-electron chi connectivity index (χ0n) is 16.7. The summed E-state index contributed by atoms with van der Waals surface area (Å²) in [6, 6.07) is 8.33. The maximum absolute atomic E-state index is 11.6. The Morgan fingerprint density at radius 3 is 2.86 bits per heavy atom. The lowest BCUT2D eigenvalue weighted by molar-refractivity contribution is 0.0526. The third kappa shape index (κ3) is 5.32. The monoisotopic (exact) mass is 384 g/mol. The highest BCUT2D eigenvalue weighted by Gasteiger charge is 2.15. The summed E-state index contributed by atoms with van der Waals surface area (Å²) >= 11 is 0. The maximum atomic E-state index is 11.6. The summed E-state index contributed by atoms with van der Waals surface area (Å²) in [7, 11) is 0. The summed E-state index contributed by atoms with van der Waals surface area (Å²) in [6.07, 6.45) is 4.33. The molecule has 0 saturated heterocycles. The van der Waals surface area contributed by atoms with Crippen LogP contribution in [-0.4, -0.2) is 37.8 Å².